The van der Waals surface area contributed by atoms with Gasteiger partial charge in [-0.15, -0.1) is 0 Å². The number of amides is 2. The zero-order valence-corrected chi connectivity index (χ0v) is 11.7. The molecule has 1 aliphatic heterocycles. The first kappa shape index (κ1) is 15.0. The summed E-state index contributed by atoms with van der Waals surface area (Å²) in [6.45, 7) is 8.37. The van der Waals surface area contributed by atoms with E-state index < -0.39 is 0 Å². The monoisotopic (exact) mass is 255 g/mol. The molecule has 0 aliphatic carbocycles. The van der Waals surface area contributed by atoms with E-state index in [9.17, 15) is 9.59 Å². The van der Waals surface area contributed by atoms with Crippen LogP contribution in [-0.4, -0.2) is 53.8 Å². The highest BCUT2D eigenvalue weighted by Crippen LogP contribution is 2.09. The van der Waals surface area contributed by atoms with Gasteiger partial charge in [0.2, 0.25) is 11.8 Å². The van der Waals surface area contributed by atoms with Gasteiger partial charge < -0.3 is 15.5 Å². The van der Waals surface area contributed by atoms with Crippen molar-refractivity contribution in [1.82, 2.24) is 9.80 Å². The Hall–Kier alpha value is -1.10. The second kappa shape index (κ2) is 6.73. The molecule has 5 nitrogen and oxygen atoms in total. The first-order valence-corrected chi connectivity index (χ1v) is 6.70. The third-order valence-corrected chi connectivity index (χ3v) is 3.56. The van der Waals surface area contributed by atoms with Crippen molar-refractivity contribution in [3.63, 3.8) is 0 Å². The molecule has 104 valence electrons. The maximum absolute atomic E-state index is 12.1. The van der Waals surface area contributed by atoms with Crippen molar-refractivity contribution >= 4 is 11.8 Å². The fraction of sp³-hybridized carbons (Fsp3) is 0.846. The third-order valence-electron chi connectivity index (χ3n) is 3.56. The predicted octanol–water partition coefficient (Wildman–Crippen LogP) is 0.441. The van der Waals surface area contributed by atoms with Crippen LogP contribution >= 0.6 is 0 Å². The Kier molecular flexibility index (Phi) is 5.59. The van der Waals surface area contributed by atoms with Crippen LogP contribution in [0.1, 0.15) is 33.6 Å². The Labute approximate surface area is 109 Å². The minimum Gasteiger partial charge on any atom is -0.341 e. The van der Waals surface area contributed by atoms with E-state index in [1.807, 2.05) is 18.7 Å². The minimum atomic E-state index is -0.0790. The van der Waals surface area contributed by atoms with E-state index >= 15 is 0 Å². The summed E-state index contributed by atoms with van der Waals surface area (Å²) < 4.78 is 0. The number of hydrogen-bond donors (Lipinski definition) is 1. The molecule has 0 spiro atoms. The van der Waals surface area contributed by atoms with Crippen molar-refractivity contribution < 1.29 is 9.59 Å². The van der Waals surface area contributed by atoms with Gasteiger partial charge in [-0.25, -0.2) is 0 Å². The molecule has 0 aromatic rings. The first-order valence-electron chi connectivity index (χ1n) is 6.70. The standard InChI is InChI=1S/C13H25N3O2/c1-10(2)12(14)9-13(18)16-6-4-5-15(7-8-16)11(3)17/h10,12H,4-9,14H2,1-3H3. The van der Waals surface area contributed by atoms with Crippen molar-refractivity contribution in [2.45, 2.75) is 39.7 Å². The first-order chi connectivity index (χ1) is 8.41. The molecule has 0 radical (unpaired) electrons. The summed E-state index contributed by atoms with van der Waals surface area (Å²) >= 11 is 0. The molecular weight excluding hydrogens is 230 g/mol. The largest absolute Gasteiger partial charge is 0.341 e. The molecule has 1 saturated heterocycles. The zero-order chi connectivity index (χ0) is 13.7. The second-order valence-electron chi connectivity index (χ2n) is 5.35. The molecular formula is C13H25N3O2. The van der Waals surface area contributed by atoms with E-state index in [2.05, 4.69) is 0 Å². The molecule has 0 aromatic carbocycles. The average Bonchev–Trinajstić information content (AvgIpc) is 2.53. The summed E-state index contributed by atoms with van der Waals surface area (Å²) in [4.78, 5) is 27.0. The fourth-order valence-electron chi connectivity index (χ4n) is 2.05. The van der Waals surface area contributed by atoms with Gasteiger partial charge >= 0.3 is 0 Å². The van der Waals surface area contributed by atoms with Crippen molar-refractivity contribution in [2.75, 3.05) is 26.2 Å². The number of nitrogens with zero attached hydrogens (tertiary/aromatic N) is 2. The van der Waals surface area contributed by atoms with E-state index in [-0.39, 0.29) is 17.9 Å². The number of rotatable bonds is 3. The molecule has 0 aromatic heterocycles. The van der Waals surface area contributed by atoms with E-state index in [1.165, 1.54) is 0 Å². The summed E-state index contributed by atoms with van der Waals surface area (Å²) in [6, 6.07) is -0.0790. The number of nitrogens with two attached hydrogens (primary N) is 1. The van der Waals surface area contributed by atoms with Gasteiger partial charge in [-0.2, -0.15) is 0 Å². The summed E-state index contributed by atoms with van der Waals surface area (Å²) in [5, 5.41) is 0. The lowest BCUT2D eigenvalue weighted by Gasteiger charge is -2.24. The van der Waals surface area contributed by atoms with E-state index in [0.717, 1.165) is 19.5 Å². The SMILES string of the molecule is CC(=O)N1CCCN(C(=O)CC(N)C(C)C)CC1. The lowest BCUT2D eigenvalue weighted by Crippen LogP contribution is -2.40. The van der Waals surface area contributed by atoms with Crippen molar-refractivity contribution in [3.8, 4) is 0 Å². The molecule has 0 saturated carbocycles. The van der Waals surface area contributed by atoms with Gasteiger partial charge in [0.05, 0.1) is 0 Å². The van der Waals surface area contributed by atoms with Crippen LogP contribution in [0.15, 0.2) is 0 Å². The highest BCUT2D eigenvalue weighted by atomic mass is 16.2. The maximum Gasteiger partial charge on any atom is 0.224 e. The fourth-order valence-corrected chi connectivity index (χ4v) is 2.05. The van der Waals surface area contributed by atoms with Crippen molar-refractivity contribution in [1.29, 1.82) is 0 Å². The molecule has 5 heteroatoms. The van der Waals surface area contributed by atoms with Gasteiger partial charge in [-0.3, -0.25) is 9.59 Å². The Morgan fingerprint density at radius 3 is 2.22 bits per heavy atom. The van der Waals surface area contributed by atoms with Crippen LogP contribution in [0.4, 0.5) is 0 Å². The minimum absolute atomic E-state index is 0.0790. The van der Waals surface area contributed by atoms with Gasteiger partial charge in [0, 0.05) is 45.6 Å². The molecule has 1 aliphatic rings. The topological polar surface area (TPSA) is 66.6 Å². The predicted molar refractivity (Wildman–Crippen MR) is 70.9 cm³/mol. The number of carbonyl (C=O) groups excluding carboxylic acids is 2. The maximum atomic E-state index is 12.1. The molecule has 1 fully saturated rings. The molecule has 2 N–H and O–H groups in total. The number of hydrogen-bond acceptors (Lipinski definition) is 3. The van der Waals surface area contributed by atoms with Crippen LogP contribution in [0, 0.1) is 5.92 Å². The van der Waals surface area contributed by atoms with E-state index in [0.29, 0.717) is 25.4 Å². The third kappa shape index (κ3) is 4.29. The van der Waals surface area contributed by atoms with Gasteiger partial charge in [0.1, 0.15) is 0 Å². The lowest BCUT2D eigenvalue weighted by molar-refractivity contribution is -0.133. The molecule has 1 heterocycles. The van der Waals surface area contributed by atoms with Crippen molar-refractivity contribution in [2.24, 2.45) is 11.7 Å². The quantitative estimate of drug-likeness (QED) is 0.796. The highest BCUT2D eigenvalue weighted by Gasteiger charge is 2.22. The van der Waals surface area contributed by atoms with Crippen LogP contribution in [0.5, 0.6) is 0 Å². The summed E-state index contributed by atoms with van der Waals surface area (Å²) in [6.07, 6.45) is 1.25. The van der Waals surface area contributed by atoms with Gasteiger partial charge in [-0.05, 0) is 12.3 Å². The molecule has 18 heavy (non-hydrogen) atoms. The molecule has 1 rings (SSSR count). The second-order valence-corrected chi connectivity index (χ2v) is 5.35. The zero-order valence-electron chi connectivity index (χ0n) is 11.7. The van der Waals surface area contributed by atoms with Crippen LogP contribution in [0.3, 0.4) is 0 Å². The Morgan fingerprint density at radius 1 is 1.11 bits per heavy atom. The highest BCUT2D eigenvalue weighted by molar-refractivity contribution is 5.77. The van der Waals surface area contributed by atoms with E-state index in [1.54, 1.807) is 11.8 Å². The molecule has 1 atom stereocenters. The van der Waals surface area contributed by atoms with Crippen LogP contribution in [0.25, 0.3) is 0 Å². The smallest absolute Gasteiger partial charge is 0.224 e. The molecule has 0 bridgehead atoms. The van der Waals surface area contributed by atoms with Crippen LogP contribution in [-0.2, 0) is 9.59 Å². The van der Waals surface area contributed by atoms with E-state index in [4.69, 9.17) is 5.73 Å². The Morgan fingerprint density at radius 2 is 1.67 bits per heavy atom. The summed E-state index contributed by atoms with van der Waals surface area (Å²) in [5.41, 5.74) is 5.93. The summed E-state index contributed by atoms with van der Waals surface area (Å²) in [7, 11) is 0. The van der Waals surface area contributed by atoms with Gasteiger partial charge in [0.15, 0.2) is 0 Å². The average molecular weight is 255 g/mol. The van der Waals surface area contributed by atoms with Gasteiger partial charge in [0.25, 0.3) is 0 Å². The lowest BCUT2D eigenvalue weighted by atomic mass is 10.0. The van der Waals surface area contributed by atoms with Crippen LogP contribution < -0.4 is 5.73 Å². The molecule has 2 amide bonds. The molecule has 1 unspecified atom stereocenters. The van der Waals surface area contributed by atoms with Crippen molar-refractivity contribution in [3.05, 3.63) is 0 Å². The number of carbonyl (C=O) groups is 2. The van der Waals surface area contributed by atoms with Gasteiger partial charge in [-0.1, -0.05) is 13.8 Å². The Bertz CT molecular complexity index is 305. The van der Waals surface area contributed by atoms with Crippen LogP contribution in [0.2, 0.25) is 0 Å². The summed E-state index contributed by atoms with van der Waals surface area (Å²) in [5.74, 6) is 0.513. The normalized spacial score (nSPS) is 18.7. The Balaban J connectivity index is 2.47.